The van der Waals surface area contributed by atoms with Crippen LogP contribution in [0.25, 0.3) is 0 Å². The highest BCUT2D eigenvalue weighted by Crippen LogP contribution is 2.40. The Morgan fingerprint density at radius 3 is 1.74 bits per heavy atom. The van der Waals surface area contributed by atoms with E-state index in [0.29, 0.717) is 0 Å². The average molecular weight is 320 g/mol. The van der Waals surface area contributed by atoms with Crippen LogP contribution in [0.5, 0.6) is 5.75 Å². The van der Waals surface area contributed by atoms with Crippen molar-refractivity contribution in [2.45, 2.75) is 78.7 Å². The number of esters is 1. The molecule has 0 heterocycles. The smallest absolute Gasteiger partial charge is 0.310 e. The van der Waals surface area contributed by atoms with Gasteiger partial charge >= 0.3 is 5.97 Å². The molecule has 1 aromatic rings. The predicted octanol–water partition coefficient (Wildman–Crippen LogP) is 4.78. The highest BCUT2D eigenvalue weighted by molar-refractivity contribution is 5.73. The van der Waals surface area contributed by atoms with E-state index in [4.69, 9.17) is 9.47 Å². The summed E-state index contributed by atoms with van der Waals surface area (Å²) in [7, 11) is 1.71. The van der Waals surface area contributed by atoms with Crippen molar-refractivity contribution in [3.8, 4) is 5.75 Å². The lowest BCUT2D eigenvalue weighted by atomic mass is 9.78. The molecular formula is C20H32O3. The lowest BCUT2D eigenvalue weighted by Gasteiger charge is -2.30. The molecule has 0 radical (unpaired) electrons. The van der Waals surface area contributed by atoms with E-state index < -0.39 is 0 Å². The molecule has 0 aromatic heterocycles. The Morgan fingerprint density at radius 1 is 1.00 bits per heavy atom. The van der Waals surface area contributed by atoms with Gasteiger partial charge in [0.2, 0.25) is 0 Å². The second kappa shape index (κ2) is 6.94. The normalized spacial score (nSPS) is 12.4. The van der Waals surface area contributed by atoms with E-state index in [1.54, 1.807) is 7.11 Å². The van der Waals surface area contributed by atoms with Crippen LogP contribution in [0.3, 0.4) is 0 Å². The Kier molecular flexibility index (Phi) is 5.89. The van der Waals surface area contributed by atoms with Crippen LogP contribution in [0.2, 0.25) is 0 Å². The van der Waals surface area contributed by atoms with Crippen molar-refractivity contribution in [3.63, 3.8) is 0 Å². The van der Waals surface area contributed by atoms with Gasteiger partial charge in [-0.2, -0.15) is 0 Å². The van der Waals surface area contributed by atoms with Gasteiger partial charge in [0.25, 0.3) is 0 Å². The quantitative estimate of drug-likeness (QED) is 0.749. The SMILES string of the molecule is COc1c(C(C)(C)C)cc(CC(=O)OC(C)C)cc1C(C)(C)C. The van der Waals surface area contributed by atoms with E-state index in [-0.39, 0.29) is 29.3 Å². The minimum absolute atomic E-state index is 0.0662. The van der Waals surface area contributed by atoms with Crippen molar-refractivity contribution in [1.82, 2.24) is 0 Å². The molecule has 0 aliphatic heterocycles. The number of hydrogen-bond acceptors (Lipinski definition) is 3. The summed E-state index contributed by atoms with van der Waals surface area (Å²) in [6.07, 6.45) is 0.193. The molecule has 0 spiro atoms. The van der Waals surface area contributed by atoms with Crippen LogP contribution in [-0.2, 0) is 26.8 Å². The van der Waals surface area contributed by atoms with Gasteiger partial charge < -0.3 is 9.47 Å². The third-order valence-corrected chi connectivity index (χ3v) is 3.68. The fourth-order valence-electron chi connectivity index (χ4n) is 2.60. The van der Waals surface area contributed by atoms with Crippen molar-refractivity contribution in [2.24, 2.45) is 0 Å². The molecule has 0 bridgehead atoms. The third-order valence-electron chi connectivity index (χ3n) is 3.68. The van der Waals surface area contributed by atoms with Crippen LogP contribution in [0.1, 0.15) is 72.1 Å². The zero-order valence-electron chi connectivity index (χ0n) is 16.2. The van der Waals surface area contributed by atoms with Crippen LogP contribution in [-0.4, -0.2) is 19.2 Å². The number of hydrogen-bond donors (Lipinski definition) is 0. The van der Waals surface area contributed by atoms with Crippen molar-refractivity contribution in [3.05, 3.63) is 28.8 Å². The molecule has 0 N–H and O–H groups in total. The molecule has 3 heteroatoms. The van der Waals surface area contributed by atoms with E-state index in [9.17, 15) is 4.79 Å². The molecular weight excluding hydrogens is 288 g/mol. The standard InChI is InChI=1S/C20H32O3/c1-13(2)23-17(21)12-14-10-15(19(3,4)5)18(22-9)16(11-14)20(6,7)8/h10-11,13H,12H2,1-9H3. The van der Waals surface area contributed by atoms with Crippen molar-refractivity contribution in [2.75, 3.05) is 7.11 Å². The van der Waals surface area contributed by atoms with E-state index in [0.717, 1.165) is 22.4 Å². The lowest BCUT2D eigenvalue weighted by molar-refractivity contribution is -0.146. The second-order valence-corrected chi connectivity index (χ2v) is 8.44. The van der Waals surface area contributed by atoms with Crippen molar-refractivity contribution >= 4 is 5.97 Å². The van der Waals surface area contributed by atoms with Gasteiger partial charge in [0.15, 0.2) is 0 Å². The molecule has 3 nitrogen and oxygen atoms in total. The predicted molar refractivity (Wildman–Crippen MR) is 95.3 cm³/mol. The zero-order chi connectivity index (χ0) is 18.0. The maximum atomic E-state index is 12.0. The molecule has 0 unspecified atom stereocenters. The monoisotopic (exact) mass is 320 g/mol. The number of ether oxygens (including phenoxy) is 2. The fourth-order valence-corrected chi connectivity index (χ4v) is 2.60. The van der Waals surface area contributed by atoms with Crippen LogP contribution in [0.4, 0.5) is 0 Å². The van der Waals surface area contributed by atoms with Gasteiger partial charge in [-0.25, -0.2) is 0 Å². The zero-order valence-corrected chi connectivity index (χ0v) is 16.2. The highest BCUT2D eigenvalue weighted by Gasteiger charge is 2.27. The molecule has 0 fully saturated rings. The Morgan fingerprint density at radius 2 is 1.43 bits per heavy atom. The topological polar surface area (TPSA) is 35.5 Å². The molecule has 0 saturated carbocycles. The summed E-state index contributed by atoms with van der Waals surface area (Å²) in [5, 5.41) is 0. The van der Waals surface area contributed by atoms with Gasteiger partial charge in [0.05, 0.1) is 19.6 Å². The number of rotatable bonds is 4. The van der Waals surface area contributed by atoms with Crippen LogP contribution in [0, 0.1) is 0 Å². The average Bonchev–Trinajstić information content (AvgIpc) is 2.34. The largest absolute Gasteiger partial charge is 0.496 e. The maximum Gasteiger partial charge on any atom is 0.310 e. The minimum atomic E-state index is -0.190. The fraction of sp³-hybridized carbons (Fsp3) is 0.650. The number of carbonyl (C=O) groups is 1. The van der Waals surface area contributed by atoms with E-state index >= 15 is 0 Å². The van der Waals surface area contributed by atoms with Crippen LogP contribution >= 0.6 is 0 Å². The molecule has 0 atom stereocenters. The minimum Gasteiger partial charge on any atom is -0.496 e. The van der Waals surface area contributed by atoms with E-state index in [1.165, 1.54) is 0 Å². The summed E-state index contributed by atoms with van der Waals surface area (Å²) >= 11 is 0. The highest BCUT2D eigenvalue weighted by atomic mass is 16.5. The molecule has 23 heavy (non-hydrogen) atoms. The van der Waals surface area contributed by atoms with E-state index in [2.05, 4.69) is 53.7 Å². The summed E-state index contributed by atoms with van der Waals surface area (Å²) in [4.78, 5) is 12.0. The Hall–Kier alpha value is -1.51. The van der Waals surface area contributed by atoms with Crippen LogP contribution < -0.4 is 4.74 Å². The molecule has 1 aromatic carbocycles. The third kappa shape index (κ3) is 5.26. The van der Waals surface area contributed by atoms with Gasteiger partial charge in [0, 0.05) is 11.1 Å². The van der Waals surface area contributed by atoms with Gasteiger partial charge in [-0.05, 0) is 30.2 Å². The molecule has 1 rings (SSSR count). The van der Waals surface area contributed by atoms with Gasteiger partial charge in [-0.15, -0.1) is 0 Å². The first-order valence-corrected chi connectivity index (χ1v) is 8.27. The number of benzene rings is 1. The van der Waals surface area contributed by atoms with Gasteiger partial charge in [-0.1, -0.05) is 53.7 Å². The summed E-state index contributed by atoms with van der Waals surface area (Å²) in [5.41, 5.74) is 3.10. The number of carbonyl (C=O) groups excluding carboxylic acids is 1. The molecule has 0 amide bonds. The first kappa shape index (κ1) is 19.5. The Labute approximate surface area is 141 Å². The molecule has 0 saturated heterocycles. The summed E-state index contributed by atoms with van der Waals surface area (Å²) in [5.74, 6) is 0.732. The second-order valence-electron chi connectivity index (χ2n) is 8.44. The molecule has 130 valence electrons. The molecule has 0 aliphatic rings. The van der Waals surface area contributed by atoms with E-state index in [1.807, 2.05) is 13.8 Å². The maximum absolute atomic E-state index is 12.0. The lowest BCUT2D eigenvalue weighted by Crippen LogP contribution is -2.21. The first-order valence-electron chi connectivity index (χ1n) is 8.27. The van der Waals surface area contributed by atoms with Gasteiger partial charge in [-0.3, -0.25) is 4.79 Å². The summed E-state index contributed by atoms with van der Waals surface area (Å²) in [6, 6.07) is 4.16. The first-order chi connectivity index (χ1) is 10.4. The van der Waals surface area contributed by atoms with Gasteiger partial charge in [0.1, 0.15) is 5.75 Å². The van der Waals surface area contributed by atoms with Crippen molar-refractivity contribution in [1.29, 1.82) is 0 Å². The summed E-state index contributed by atoms with van der Waals surface area (Å²) < 4.78 is 11.0. The van der Waals surface area contributed by atoms with Crippen molar-refractivity contribution < 1.29 is 14.3 Å². The Balaban J connectivity index is 3.42. The molecule has 0 aliphatic carbocycles. The number of methoxy groups -OCH3 is 1. The Bertz CT molecular complexity index is 522. The summed E-state index contributed by atoms with van der Waals surface area (Å²) in [6.45, 7) is 16.7. The van der Waals surface area contributed by atoms with Crippen LogP contribution in [0.15, 0.2) is 12.1 Å².